The predicted octanol–water partition coefficient (Wildman–Crippen LogP) is 18.8. The summed E-state index contributed by atoms with van der Waals surface area (Å²) in [6.07, 6.45) is 69.1. The van der Waals surface area contributed by atoms with Crippen LogP contribution in [0.1, 0.15) is 367 Å². The number of hydrogen-bond donors (Lipinski definition) is 6. The van der Waals surface area contributed by atoms with Gasteiger partial charge >= 0.3 is 5.97 Å². The van der Waals surface area contributed by atoms with E-state index >= 15 is 0 Å². The minimum absolute atomic E-state index is 0.0134. The second-order valence-electron chi connectivity index (χ2n) is 25.7. The fraction of sp³-hybridized carbons (Fsp3) is 0.918. The molecule has 1 saturated heterocycles. The molecular weight excluding hydrogens is 1050 g/mol. The standard InChI is InChI=1S/C73H139NO10/c1-3-5-7-9-11-13-14-15-16-31-35-38-41-45-49-53-57-61-69(78)82-62-58-54-50-46-42-39-36-33-30-28-26-24-22-20-18-17-19-21-23-25-27-29-32-34-37-40-44-48-52-56-60-68(77)74-65(66(76)59-55-51-47-43-12-10-8-6-4-2)64-83-73-72(81)71(80)70(79)67(63-75)84-73/h18,20,55,59,65-67,70-73,75-76,79-81H,3-17,19,21-54,56-58,60-64H2,1-2H3,(H,74,77)/b20-18-,59-55+. The molecule has 7 unspecified atom stereocenters. The fourth-order valence-electron chi connectivity index (χ4n) is 11.8. The van der Waals surface area contributed by atoms with Gasteiger partial charge in [-0.15, -0.1) is 0 Å². The maximum Gasteiger partial charge on any atom is 0.305 e. The molecule has 0 aromatic carbocycles. The van der Waals surface area contributed by atoms with Crippen LogP contribution >= 0.6 is 0 Å². The Kier molecular flexibility index (Phi) is 59.9. The first-order valence-corrected chi connectivity index (χ1v) is 36.6. The SMILES string of the molecule is CCCCCCCCC/C=C/C(O)C(COC1OC(CO)C(O)C(O)C1O)NC(=O)CCCCCCCCCCCCCCCC/C=C\CCCCCCCCCCCCCCOC(=O)CCCCCCCCCCCCCCCCCCC. The molecule has 0 radical (unpaired) electrons. The lowest BCUT2D eigenvalue weighted by molar-refractivity contribution is -0.302. The van der Waals surface area contributed by atoms with Crippen LogP contribution in [0.4, 0.5) is 0 Å². The molecule has 7 atom stereocenters. The minimum atomic E-state index is -1.57. The van der Waals surface area contributed by atoms with Gasteiger partial charge in [-0.2, -0.15) is 0 Å². The van der Waals surface area contributed by atoms with E-state index in [2.05, 4.69) is 31.3 Å². The van der Waals surface area contributed by atoms with E-state index in [9.17, 15) is 35.1 Å². The molecule has 1 rings (SSSR count). The number of aliphatic hydroxyl groups is 5. The van der Waals surface area contributed by atoms with Crippen molar-refractivity contribution < 1.29 is 49.3 Å². The van der Waals surface area contributed by atoms with Gasteiger partial charge in [0.2, 0.25) is 5.91 Å². The number of unbranched alkanes of at least 4 members (excludes halogenated alkanes) is 49. The number of aliphatic hydroxyl groups excluding tert-OH is 5. The molecule has 1 amide bonds. The summed E-state index contributed by atoms with van der Waals surface area (Å²) in [5.74, 6) is -0.167. The van der Waals surface area contributed by atoms with Crippen molar-refractivity contribution in [3.8, 4) is 0 Å². The van der Waals surface area contributed by atoms with E-state index < -0.39 is 49.5 Å². The molecule has 11 nitrogen and oxygen atoms in total. The topological polar surface area (TPSA) is 175 Å². The number of carbonyl (C=O) groups is 2. The van der Waals surface area contributed by atoms with Gasteiger partial charge in [0.15, 0.2) is 6.29 Å². The second-order valence-corrected chi connectivity index (χ2v) is 25.7. The lowest BCUT2D eigenvalue weighted by atomic mass is 9.99. The van der Waals surface area contributed by atoms with Gasteiger partial charge in [0.1, 0.15) is 24.4 Å². The van der Waals surface area contributed by atoms with Crippen LogP contribution in [0, 0.1) is 0 Å². The van der Waals surface area contributed by atoms with E-state index in [0.29, 0.717) is 19.4 Å². The number of nitrogens with one attached hydrogen (secondary N) is 1. The van der Waals surface area contributed by atoms with E-state index in [1.807, 2.05) is 6.08 Å². The third-order valence-corrected chi connectivity index (χ3v) is 17.6. The van der Waals surface area contributed by atoms with Crippen LogP contribution in [0.3, 0.4) is 0 Å². The minimum Gasteiger partial charge on any atom is -0.466 e. The number of carbonyl (C=O) groups excluding carboxylic acids is 2. The summed E-state index contributed by atoms with van der Waals surface area (Å²) in [6.45, 7) is 4.36. The van der Waals surface area contributed by atoms with E-state index in [4.69, 9.17) is 14.2 Å². The summed E-state index contributed by atoms with van der Waals surface area (Å²) >= 11 is 0. The Labute approximate surface area is 518 Å². The lowest BCUT2D eigenvalue weighted by Crippen LogP contribution is -2.60. The largest absolute Gasteiger partial charge is 0.466 e. The highest BCUT2D eigenvalue weighted by Gasteiger charge is 2.44. The van der Waals surface area contributed by atoms with Crippen LogP contribution in [0.25, 0.3) is 0 Å². The first-order chi connectivity index (χ1) is 41.2. The van der Waals surface area contributed by atoms with Gasteiger partial charge in [0, 0.05) is 12.8 Å². The lowest BCUT2D eigenvalue weighted by Gasteiger charge is -2.40. The number of amides is 1. The Bertz CT molecular complexity index is 1440. The quantitative estimate of drug-likeness (QED) is 0.0195. The van der Waals surface area contributed by atoms with E-state index in [1.54, 1.807) is 6.08 Å². The Morgan fingerprint density at radius 1 is 0.429 bits per heavy atom. The van der Waals surface area contributed by atoms with Crippen molar-refractivity contribution in [3.63, 3.8) is 0 Å². The van der Waals surface area contributed by atoms with Gasteiger partial charge in [-0.1, -0.05) is 321 Å². The first-order valence-electron chi connectivity index (χ1n) is 36.6. The molecule has 6 N–H and O–H groups in total. The summed E-state index contributed by atoms with van der Waals surface area (Å²) in [5.41, 5.74) is 0. The highest BCUT2D eigenvalue weighted by atomic mass is 16.7. The summed E-state index contributed by atoms with van der Waals surface area (Å²) in [6, 6.07) is -0.807. The Morgan fingerprint density at radius 3 is 1.14 bits per heavy atom. The molecule has 1 heterocycles. The summed E-state index contributed by atoms with van der Waals surface area (Å²) in [7, 11) is 0. The summed E-state index contributed by atoms with van der Waals surface area (Å²) in [4.78, 5) is 25.1. The fourth-order valence-corrected chi connectivity index (χ4v) is 11.8. The zero-order valence-corrected chi connectivity index (χ0v) is 55.1. The van der Waals surface area contributed by atoms with Crippen LogP contribution < -0.4 is 5.32 Å². The molecule has 11 heteroatoms. The Morgan fingerprint density at radius 2 is 0.762 bits per heavy atom. The molecular formula is C73H139NO10. The molecule has 0 aromatic heterocycles. The van der Waals surface area contributed by atoms with E-state index in [0.717, 1.165) is 51.4 Å². The number of rotatable bonds is 65. The summed E-state index contributed by atoms with van der Waals surface area (Å²) < 4.78 is 16.7. The van der Waals surface area contributed by atoms with Gasteiger partial charge in [0.05, 0.1) is 32.0 Å². The van der Waals surface area contributed by atoms with Crippen molar-refractivity contribution in [1.29, 1.82) is 0 Å². The van der Waals surface area contributed by atoms with Crippen LogP contribution in [0.5, 0.6) is 0 Å². The van der Waals surface area contributed by atoms with Crippen LogP contribution in [-0.4, -0.2) is 100 Å². The third-order valence-electron chi connectivity index (χ3n) is 17.6. The second kappa shape index (κ2) is 62.7. The Balaban J connectivity index is 1.89. The van der Waals surface area contributed by atoms with Crippen molar-refractivity contribution in [2.75, 3.05) is 19.8 Å². The zero-order valence-electron chi connectivity index (χ0n) is 55.1. The van der Waals surface area contributed by atoms with Crippen LogP contribution in [-0.2, 0) is 23.8 Å². The maximum absolute atomic E-state index is 13.0. The number of ether oxygens (including phenoxy) is 3. The Hall–Kier alpha value is -1.86. The molecule has 1 fully saturated rings. The van der Waals surface area contributed by atoms with Crippen molar-refractivity contribution in [3.05, 3.63) is 24.3 Å². The predicted molar refractivity (Wildman–Crippen MR) is 352 cm³/mol. The van der Waals surface area contributed by atoms with E-state index in [1.165, 1.54) is 289 Å². The average Bonchev–Trinajstić information content (AvgIpc) is 3.60. The molecule has 1 aliphatic rings. The third kappa shape index (κ3) is 51.1. The molecule has 0 aromatic rings. The van der Waals surface area contributed by atoms with Gasteiger partial charge < -0.3 is 45.1 Å². The van der Waals surface area contributed by atoms with Gasteiger partial charge in [-0.25, -0.2) is 0 Å². The zero-order chi connectivity index (χ0) is 60.9. The molecule has 0 bridgehead atoms. The normalized spacial score (nSPS) is 18.1. The van der Waals surface area contributed by atoms with Gasteiger partial charge in [-0.05, 0) is 57.8 Å². The van der Waals surface area contributed by atoms with E-state index in [-0.39, 0.29) is 18.5 Å². The molecule has 496 valence electrons. The van der Waals surface area contributed by atoms with Gasteiger partial charge in [0.25, 0.3) is 0 Å². The molecule has 0 aliphatic carbocycles. The average molecular weight is 1190 g/mol. The van der Waals surface area contributed by atoms with Crippen molar-refractivity contribution in [2.45, 2.75) is 410 Å². The molecule has 0 spiro atoms. The highest BCUT2D eigenvalue weighted by molar-refractivity contribution is 5.76. The van der Waals surface area contributed by atoms with Crippen LogP contribution in [0.15, 0.2) is 24.3 Å². The summed E-state index contributed by atoms with van der Waals surface area (Å²) in [5, 5.41) is 54.3. The maximum atomic E-state index is 13.0. The smallest absolute Gasteiger partial charge is 0.305 e. The van der Waals surface area contributed by atoms with Crippen LogP contribution in [0.2, 0.25) is 0 Å². The first kappa shape index (κ1) is 80.2. The monoisotopic (exact) mass is 1190 g/mol. The number of hydrogen-bond acceptors (Lipinski definition) is 10. The highest BCUT2D eigenvalue weighted by Crippen LogP contribution is 2.23. The van der Waals surface area contributed by atoms with Crippen molar-refractivity contribution in [2.24, 2.45) is 0 Å². The van der Waals surface area contributed by atoms with Gasteiger partial charge in [-0.3, -0.25) is 9.59 Å². The van der Waals surface area contributed by atoms with Crippen molar-refractivity contribution >= 4 is 11.9 Å². The number of allylic oxidation sites excluding steroid dienone is 3. The van der Waals surface area contributed by atoms with Crippen molar-refractivity contribution in [1.82, 2.24) is 5.32 Å². The molecule has 84 heavy (non-hydrogen) atoms. The molecule has 1 aliphatic heterocycles. The molecule has 0 saturated carbocycles. The number of esters is 1.